The summed E-state index contributed by atoms with van der Waals surface area (Å²) in [7, 11) is 0. The predicted octanol–water partition coefficient (Wildman–Crippen LogP) is 2.84. The van der Waals surface area contributed by atoms with E-state index in [1.807, 2.05) is 50.2 Å². The first kappa shape index (κ1) is 11.8. The maximum absolute atomic E-state index is 10.6. The summed E-state index contributed by atoms with van der Waals surface area (Å²) in [6.45, 7) is 3.83. The van der Waals surface area contributed by atoms with Crippen LogP contribution in [-0.4, -0.2) is 10.1 Å². The minimum absolute atomic E-state index is 0.598. The lowest BCUT2D eigenvalue weighted by Gasteiger charge is -2.25. The third-order valence-corrected chi connectivity index (χ3v) is 3.01. The maximum atomic E-state index is 10.6. The van der Waals surface area contributed by atoms with Gasteiger partial charge >= 0.3 is 0 Å². The Morgan fingerprint density at radius 3 is 2.53 bits per heavy atom. The lowest BCUT2D eigenvalue weighted by atomic mass is 9.88. The summed E-state index contributed by atoms with van der Waals surface area (Å²) < 4.78 is 0. The van der Waals surface area contributed by atoms with Crippen molar-refractivity contribution in [1.29, 1.82) is 0 Å². The summed E-state index contributed by atoms with van der Waals surface area (Å²) in [6, 6.07) is 11.9. The van der Waals surface area contributed by atoms with Crippen LogP contribution in [0.2, 0.25) is 0 Å². The van der Waals surface area contributed by atoms with Gasteiger partial charge in [0.25, 0.3) is 0 Å². The molecule has 1 aromatic carbocycles. The molecule has 0 saturated carbocycles. The molecular formula is C15H17NO. The standard InChI is InChI=1S/C15H17NO/c1-12-8-9-16-11-14(12)15(2,17)10-13-6-4-3-5-7-13/h3-9,11,17H,10H2,1-2H3. The van der Waals surface area contributed by atoms with E-state index in [1.165, 1.54) is 0 Å². The van der Waals surface area contributed by atoms with Gasteiger partial charge in [0.1, 0.15) is 0 Å². The second-order valence-electron chi connectivity index (χ2n) is 4.63. The molecule has 1 unspecified atom stereocenters. The van der Waals surface area contributed by atoms with Gasteiger partial charge in [-0.1, -0.05) is 30.3 Å². The Labute approximate surface area is 102 Å². The first-order valence-corrected chi connectivity index (χ1v) is 5.77. The Bertz CT molecular complexity index is 491. The first-order chi connectivity index (χ1) is 8.09. The van der Waals surface area contributed by atoms with Crippen LogP contribution in [0.5, 0.6) is 0 Å². The number of benzene rings is 1. The predicted molar refractivity (Wildman–Crippen MR) is 68.7 cm³/mol. The maximum Gasteiger partial charge on any atom is 0.0926 e. The van der Waals surface area contributed by atoms with E-state index in [1.54, 1.807) is 12.4 Å². The molecule has 1 N–H and O–H groups in total. The molecule has 0 aliphatic carbocycles. The zero-order chi connectivity index (χ0) is 12.3. The van der Waals surface area contributed by atoms with Gasteiger partial charge in [-0.25, -0.2) is 0 Å². The fourth-order valence-electron chi connectivity index (χ4n) is 2.12. The molecule has 0 bridgehead atoms. The molecule has 0 radical (unpaired) electrons. The molecule has 88 valence electrons. The van der Waals surface area contributed by atoms with Crippen LogP contribution in [-0.2, 0) is 12.0 Å². The minimum atomic E-state index is -0.875. The van der Waals surface area contributed by atoms with E-state index in [-0.39, 0.29) is 0 Å². The molecule has 0 amide bonds. The van der Waals surface area contributed by atoms with Crippen molar-refractivity contribution in [2.75, 3.05) is 0 Å². The quantitative estimate of drug-likeness (QED) is 0.874. The smallest absolute Gasteiger partial charge is 0.0926 e. The van der Waals surface area contributed by atoms with Crippen LogP contribution in [0.4, 0.5) is 0 Å². The molecule has 2 nitrogen and oxygen atoms in total. The fourth-order valence-corrected chi connectivity index (χ4v) is 2.12. The number of hydrogen-bond donors (Lipinski definition) is 1. The van der Waals surface area contributed by atoms with E-state index in [2.05, 4.69) is 4.98 Å². The Kier molecular flexibility index (Phi) is 3.25. The molecule has 2 rings (SSSR count). The van der Waals surface area contributed by atoms with Crippen molar-refractivity contribution in [1.82, 2.24) is 4.98 Å². The van der Waals surface area contributed by atoms with E-state index in [4.69, 9.17) is 0 Å². The molecule has 17 heavy (non-hydrogen) atoms. The molecular weight excluding hydrogens is 210 g/mol. The number of aliphatic hydroxyl groups is 1. The molecule has 0 aliphatic heterocycles. The fraction of sp³-hybridized carbons (Fsp3) is 0.267. The average molecular weight is 227 g/mol. The van der Waals surface area contributed by atoms with Crippen LogP contribution >= 0.6 is 0 Å². The van der Waals surface area contributed by atoms with Crippen LogP contribution in [0.25, 0.3) is 0 Å². The van der Waals surface area contributed by atoms with E-state index >= 15 is 0 Å². The van der Waals surface area contributed by atoms with Gasteiger partial charge in [0.2, 0.25) is 0 Å². The highest BCUT2D eigenvalue weighted by atomic mass is 16.3. The molecule has 1 aromatic heterocycles. The molecule has 0 saturated heterocycles. The zero-order valence-corrected chi connectivity index (χ0v) is 10.2. The highest BCUT2D eigenvalue weighted by Gasteiger charge is 2.25. The van der Waals surface area contributed by atoms with E-state index in [0.717, 1.165) is 16.7 Å². The van der Waals surface area contributed by atoms with Crippen molar-refractivity contribution in [3.05, 3.63) is 65.5 Å². The SMILES string of the molecule is Cc1ccncc1C(C)(O)Cc1ccccc1. The van der Waals surface area contributed by atoms with Gasteiger partial charge in [0, 0.05) is 24.4 Å². The van der Waals surface area contributed by atoms with Gasteiger partial charge in [-0.2, -0.15) is 0 Å². The monoisotopic (exact) mass is 227 g/mol. The largest absolute Gasteiger partial charge is 0.385 e. The van der Waals surface area contributed by atoms with Crippen molar-refractivity contribution in [3.8, 4) is 0 Å². The normalized spacial score (nSPS) is 14.3. The van der Waals surface area contributed by atoms with E-state index in [0.29, 0.717) is 6.42 Å². The Morgan fingerprint density at radius 2 is 1.88 bits per heavy atom. The van der Waals surface area contributed by atoms with Crippen LogP contribution in [0.3, 0.4) is 0 Å². The number of rotatable bonds is 3. The van der Waals surface area contributed by atoms with E-state index < -0.39 is 5.60 Å². The number of aryl methyl sites for hydroxylation is 1. The summed E-state index contributed by atoms with van der Waals surface area (Å²) >= 11 is 0. The second kappa shape index (κ2) is 4.68. The van der Waals surface area contributed by atoms with Gasteiger partial charge in [-0.3, -0.25) is 4.98 Å². The highest BCUT2D eigenvalue weighted by molar-refractivity contribution is 5.30. The third-order valence-electron chi connectivity index (χ3n) is 3.01. The van der Waals surface area contributed by atoms with Gasteiger partial charge in [0.15, 0.2) is 0 Å². The lowest BCUT2D eigenvalue weighted by molar-refractivity contribution is 0.0566. The van der Waals surface area contributed by atoms with Crippen molar-refractivity contribution < 1.29 is 5.11 Å². The summed E-state index contributed by atoms with van der Waals surface area (Å²) in [5.74, 6) is 0. The Balaban J connectivity index is 2.28. The van der Waals surface area contributed by atoms with Crippen molar-refractivity contribution in [3.63, 3.8) is 0 Å². The molecule has 1 heterocycles. The zero-order valence-electron chi connectivity index (χ0n) is 10.2. The molecule has 0 fully saturated rings. The topological polar surface area (TPSA) is 33.1 Å². The van der Waals surface area contributed by atoms with Gasteiger partial charge < -0.3 is 5.11 Å². The lowest BCUT2D eigenvalue weighted by Crippen LogP contribution is -2.25. The molecule has 0 aliphatic rings. The molecule has 1 atom stereocenters. The summed E-state index contributed by atoms with van der Waals surface area (Å²) in [5, 5.41) is 10.6. The minimum Gasteiger partial charge on any atom is -0.385 e. The molecule has 0 spiro atoms. The second-order valence-corrected chi connectivity index (χ2v) is 4.63. The third kappa shape index (κ3) is 2.71. The van der Waals surface area contributed by atoms with Crippen molar-refractivity contribution >= 4 is 0 Å². The Morgan fingerprint density at radius 1 is 1.18 bits per heavy atom. The Hall–Kier alpha value is -1.67. The summed E-state index contributed by atoms with van der Waals surface area (Å²) in [4.78, 5) is 4.09. The van der Waals surface area contributed by atoms with Crippen molar-refractivity contribution in [2.24, 2.45) is 0 Å². The van der Waals surface area contributed by atoms with Crippen LogP contribution < -0.4 is 0 Å². The average Bonchev–Trinajstić information content (AvgIpc) is 2.30. The number of pyridine rings is 1. The number of aromatic nitrogens is 1. The van der Waals surface area contributed by atoms with Crippen LogP contribution in [0.15, 0.2) is 48.8 Å². The number of nitrogens with zero attached hydrogens (tertiary/aromatic N) is 1. The van der Waals surface area contributed by atoms with Gasteiger partial charge in [0.05, 0.1) is 5.60 Å². The van der Waals surface area contributed by atoms with Gasteiger partial charge in [-0.15, -0.1) is 0 Å². The van der Waals surface area contributed by atoms with E-state index in [9.17, 15) is 5.11 Å². The van der Waals surface area contributed by atoms with Crippen molar-refractivity contribution in [2.45, 2.75) is 25.9 Å². The number of hydrogen-bond acceptors (Lipinski definition) is 2. The van der Waals surface area contributed by atoms with Gasteiger partial charge in [-0.05, 0) is 31.0 Å². The summed E-state index contributed by atoms with van der Waals surface area (Å²) in [5.41, 5.74) is 2.21. The van der Waals surface area contributed by atoms with Crippen LogP contribution in [0.1, 0.15) is 23.6 Å². The highest BCUT2D eigenvalue weighted by Crippen LogP contribution is 2.26. The summed E-state index contributed by atoms with van der Waals surface area (Å²) in [6.07, 6.45) is 4.09. The molecule has 2 aromatic rings. The first-order valence-electron chi connectivity index (χ1n) is 5.77. The van der Waals surface area contributed by atoms with Crippen LogP contribution in [0, 0.1) is 6.92 Å². The molecule has 2 heteroatoms.